The summed E-state index contributed by atoms with van der Waals surface area (Å²) in [5.74, 6) is -0.142. The van der Waals surface area contributed by atoms with E-state index >= 15 is 0 Å². The molecular weight excluding hydrogens is 803 g/mol. The number of carbonyl (C=O) groups excluding carboxylic acids is 1. The Hall–Kier alpha value is -1.07. The van der Waals surface area contributed by atoms with Gasteiger partial charge in [-0.25, -0.2) is 0 Å². The Morgan fingerprint density at radius 1 is 0.516 bits per heavy atom. The minimum Gasteiger partial charge on any atom is -0.394 e. The number of aliphatic hydroxyl groups is 5. The molecule has 1 saturated heterocycles. The van der Waals surface area contributed by atoms with Crippen molar-refractivity contribution < 1.29 is 39.8 Å². The maximum Gasteiger partial charge on any atom is 0.220 e. The second-order valence-electron chi connectivity index (χ2n) is 19.7. The summed E-state index contributed by atoms with van der Waals surface area (Å²) in [4.78, 5) is 13.0. The summed E-state index contributed by atoms with van der Waals surface area (Å²) in [7, 11) is 0. The smallest absolute Gasteiger partial charge is 0.220 e. The monoisotopic (exact) mass is 910 g/mol. The maximum atomic E-state index is 13.0. The lowest BCUT2D eigenvalue weighted by atomic mass is 9.99. The third-order valence-corrected chi connectivity index (χ3v) is 13.6. The predicted octanol–water partition coefficient (Wildman–Crippen LogP) is 13.2. The van der Waals surface area contributed by atoms with Crippen molar-refractivity contribution in [2.45, 2.75) is 320 Å². The highest BCUT2D eigenvalue weighted by molar-refractivity contribution is 5.76. The van der Waals surface area contributed by atoms with Gasteiger partial charge in [0.05, 0.1) is 25.4 Å². The van der Waals surface area contributed by atoms with E-state index in [2.05, 4.69) is 31.3 Å². The summed E-state index contributed by atoms with van der Waals surface area (Å²) in [5, 5.41) is 54.3. The Bertz CT molecular complexity index is 1010. The molecule has 1 rings (SSSR count). The first-order valence-corrected chi connectivity index (χ1v) is 27.9. The van der Waals surface area contributed by atoms with Crippen LogP contribution in [-0.4, -0.2) is 87.5 Å². The first-order chi connectivity index (χ1) is 31.3. The molecule has 0 bridgehead atoms. The third kappa shape index (κ3) is 35.1. The highest BCUT2D eigenvalue weighted by Gasteiger charge is 2.44. The molecule has 1 amide bonds. The summed E-state index contributed by atoms with van der Waals surface area (Å²) in [6.45, 7) is 3.82. The molecule has 0 saturated carbocycles. The zero-order valence-corrected chi connectivity index (χ0v) is 42.1. The van der Waals surface area contributed by atoms with E-state index in [4.69, 9.17) is 9.47 Å². The van der Waals surface area contributed by atoms with Gasteiger partial charge in [-0.2, -0.15) is 0 Å². The van der Waals surface area contributed by atoms with Gasteiger partial charge < -0.3 is 40.3 Å². The van der Waals surface area contributed by atoms with Crippen molar-refractivity contribution >= 4 is 5.91 Å². The molecule has 380 valence electrons. The average molecular weight is 910 g/mol. The zero-order valence-electron chi connectivity index (χ0n) is 42.1. The summed E-state index contributed by atoms with van der Waals surface area (Å²) in [6, 6.07) is -0.712. The highest BCUT2D eigenvalue weighted by Crippen LogP contribution is 2.23. The molecule has 9 heteroatoms. The van der Waals surface area contributed by atoms with Crippen LogP contribution in [-0.2, 0) is 14.3 Å². The highest BCUT2D eigenvalue weighted by atomic mass is 16.7. The third-order valence-electron chi connectivity index (χ3n) is 13.6. The number of allylic oxidation sites excluding steroid dienone is 2. The molecule has 1 aliphatic rings. The second kappa shape index (κ2) is 45.7. The van der Waals surface area contributed by atoms with Crippen LogP contribution in [0.1, 0.15) is 277 Å². The van der Waals surface area contributed by atoms with E-state index in [-0.39, 0.29) is 12.5 Å². The fourth-order valence-corrected chi connectivity index (χ4v) is 9.16. The molecule has 0 radical (unpaired) electrons. The molecule has 7 atom stereocenters. The summed E-state index contributed by atoms with van der Waals surface area (Å²) in [6.07, 6.45) is 48.6. The Morgan fingerprint density at radius 2 is 0.875 bits per heavy atom. The number of carbonyl (C=O) groups is 1. The minimum absolute atomic E-state index is 0.134. The van der Waals surface area contributed by atoms with E-state index in [0.29, 0.717) is 12.8 Å². The molecule has 0 aromatic rings. The lowest BCUT2D eigenvalue weighted by Crippen LogP contribution is -2.60. The van der Waals surface area contributed by atoms with Crippen LogP contribution < -0.4 is 5.32 Å². The van der Waals surface area contributed by atoms with Crippen LogP contribution in [0.5, 0.6) is 0 Å². The number of amides is 1. The van der Waals surface area contributed by atoms with E-state index in [1.165, 1.54) is 212 Å². The number of ether oxygens (including phenoxy) is 2. The van der Waals surface area contributed by atoms with Crippen molar-refractivity contribution in [1.29, 1.82) is 0 Å². The van der Waals surface area contributed by atoms with Crippen molar-refractivity contribution in [2.75, 3.05) is 13.2 Å². The van der Waals surface area contributed by atoms with E-state index < -0.39 is 49.5 Å². The summed E-state index contributed by atoms with van der Waals surface area (Å²) >= 11 is 0. The van der Waals surface area contributed by atoms with Crippen LogP contribution >= 0.6 is 0 Å². The van der Waals surface area contributed by atoms with Crippen molar-refractivity contribution in [1.82, 2.24) is 5.32 Å². The lowest BCUT2D eigenvalue weighted by Gasteiger charge is -2.40. The lowest BCUT2D eigenvalue weighted by molar-refractivity contribution is -0.302. The number of hydrogen-bond donors (Lipinski definition) is 6. The van der Waals surface area contributed by atoms with E-state index in [1.54, 1.807) is 0 Å². The van der Waals surface area contributed by atoms with Gasteiger partial charge in [0.1, 0.15) is 24.4 Å². The molecule has 64 heavy (non-hydrogen) atoms. The maximum absolute atomic E-state index is 13.0. The van der Waals surface area contributed by atoms with Gasteiger partial charge in [0.2, 0.25) is 5.91 Å². The molecule has 0 aromatic heterocycles. The van der Waals surface area contributed by atoms with Crippen molar-refractivity contribution in [3.8, 4) is 0 Å². The van der Waals surface area contributed by atoms with Crippen molar-refractivity contribution in [3.05, 3.63) is 12.2 Å². The quantitative estimate of drug-likeness (QED) is 0.0261. The van der Waals surface area contributed by atoms with Gasteiger partial charge in [0, 0.05) is 6.42 Å². The molecular formula is C55H107NO8. The fraction of sp³-hybridized carbons (Fsp3) is 0.945. The van der Waals surface area contributed by atoms with Gasteiger partial charge >= 0.3 is 0 Å². The van der Waals surface area contributed by atoms with E-state index in [1.807, 2.05) is 0 Å². The molecule has 1 aliphatic heterocycles. The van der Waals surface area contributed by atoms with Crippen molar-refractivity contribution in [3.63, 3.8) is 0 Å². The van der Waals surface area contributed by atoms with Gasteiger partial charge in [-0.1, -0.05) is 244 Å². The largest absolute Gasteiger partial charge is 0.394 e. The Kier molecular flexibility index (Phi) is 43.5. The topological polar surface area (TPSA) is 149 Å². The molecule has 6 N–H and O–H groups in total. The SMILES string of the molecule is CCCCCCCCCC/C=C\CCCCCCCCCCCCCCCCCCCCCCCC(=O)NC(COC1OC(CO)C(O)C(O)C1O)C(O)CCCCCCCCCC. The Balaban J connectivity index is 2.02. The Morgan fingerprint density at radius 3 is 1.27 bits per heavy atom. The van der Waals surface area contributed by atoms with Crippen LogP contribution in [0.15, 0.2) is 12.2 Å². The molecule has 9 nitrogen and oxygen atoms in total. The second-order valence-corrected chi connectivity index (χ2v) is 19.7. The number of rotatable bonds is 48. The molecule has 7 unspecified atom stereocenters. The first-order valence-electron chi connectivity index (χ1n) is 27.9. The van der Waals surface area contributed by atoms with Crippen LogP contribution in [0.25, 0.3) is 0 Å². The van der Waals surface area contributed by atoms with Gasteiger partial charge in [0.25, 0.3) is 0 Å². The number of aliphatic hydroxyl groups excluding tert-OH is 5. The van der Waals surface area contributed by atoms with Crippen molar-refractivity contribution in [2.24, 2.45) is 0 Å². The van der Waals surface area contributed by atoms with E-state index in [0.717, 1.165) is 38.5 Å². The van der Waals surface area contributed by atoms with E-state index in [9.17, 15) is 30.3 Å². The van der Waals surface area contributed by atoms with Crippen LogP contribution in [0, 0.1) is 0 Å². The number of nitrogens with one attached hydrogen (secondary N) is 1. The Labute approximate surface area is 395 Å². The van der Waals surface area contributed by atoms with Crippen LogP contribution in [0.3, 0.4) is 0 Å². The average Bonchev–Trinajstić information content (AvgIpc) is 3.29. The minimum atomic E-state index is -1.55. The molecule has 0 aliphatic carbocycles. The normalized spacial score (nSPS) is 20.0. The summed E-state index contributed by atoms with van der Waals surface area (Å²) < 4.78 is 11.2. The van der Waals surface area contributed by atoms with Gasteiger partial charge in [-0.05, 0) is 38.5 Å². The van der Waals surface area contributed by atoms with Crippen LogP contribution in [0.2, 0.25) is 0 Å². The van der Waals surface area contributed by atoms with Gasteiger partial charge in [-0.15, -0.1) is 0 Å². The number of unbranched alkanes of at least 4 members (excludes halogenated alkanes) is 36. The summed E-state index contributed by atoms with van der Waals surface area (Å²) in [5.41, 5.74) is 0. The van der Waals surface area contributed by atoms with Crippen LogP contribution in [0.4, 0.5) is 0 Å². The first kappa shape index (κ1) is 60.9. The fourth-order valence-electron chi connectivity index (χ4n) is 9.16. The molecule has 1 fully saturated rings. The standard InChI is InChI=1S/C55H107NO8/c1-3-5-7-9-11-13-14-15-16-17-18-19-20-21-22-23-24-25-26-27-28-29-30-31-32-33-34-35-36-37-39-41-43-45-51(59)56-48(49(58)44-42-40-38-12-10-8-6-4-2)47-63-55-54(62)53(61)52(60)50(46-57)64-55/h17-18,48-50,52-55,57-58,60-62H,3-16,19-47H2,1-2H3,(H,56,59)/b18-17-. The zero-order chi connectivity index (χ0) is 46.6. The van der Waals surface area contributed by atoms with Gasteiger partial charge in [-0.3, -0.25) is 4.79 Å². The van der Waals surface area contributed by atoms with Gasteiger partial charge in [0.15, 0.2) is 6.29 Å². The molecule has 0 spiro atoms. The predicted molar refractivity (Wildman–Crippen MR) is 267 cm³/mol. The number of hydrogen-bond acceptors (Lipinski definition) is 8. The molecule has 1 heterocycles. The molecule has 0 aromatic carbocycles.